The molecule has 1 aliphatic rings. The van der Waals surface area contributed by atoms with Gasteiger partial charge in [-0.3, -0.25) is 18.8 Å². The number of rotatable bonds is 6. The molecule has 1 fully saturated rings. The summed E-state index contributed by atoms with van der Waals surface area (Å²) in [6, 6.07) is 7.52. The standard InChI is InChI=1S/C24H26FN7O3/c1-17(31-10-2-9-27-31)13-21(33)29-11-7-24(35,8-12-29)15-30-16-26-22-20(23(30)34)14-28-32(22)19-5-3-18(25)4-6-19/h2-6,9-10,14,16-17,35H,7-8,11-13,15H2,1H3. The fourth-order valence-electron chi connectivity index (χ4n) is 4.50. The minimum absolute atomic E-state index is 0.0171. The predicted octanol–water partition coefficient (Wildman–Crippen LogP) is 1.92. The van der Waals surface area contributed by atoms with Gasteiger partial charge in [0.15, 0.2) is 5.65 Å². The first-order valence-corrected chi connectivity index (χ1v) is 11.5. The number of carbonyl (C=O) groups is 1. The summed E-state index contributed by atoms with van der Waals surface area (Å²) in [6.07, 6.45) is 7.38. The van der Waals surface area contributed by atoms with Crippen LogP contribution in [0.1, 0.15) is 32.2 Å². The maximum atomic E-state index is 13.3. The monoisotopic (exact) mass is 479 g/mol. The second kappa shape index (κ2) is 9.06. The fraction of sp³-hybridized carbons (Fsp3) is 0.375. The van der Waals surface area contributed by atoms with Crippen LogP contribution in [0.4, 0.5) is 4.39 Å². The third kappa shape index (κ3) is 4.59. The highest BCUT2D eigenvalue weighted by Gasteiger charge is 2.35. The van der Waals surface area contributed by atoms with Gasteiger partial charge < -0.3 is 10.0 Å². The Balaban J connectivity index is 1.26. The smallest absolute Gasteiger partial charge is 0.264 e. The summed E-state index contributed by atoms with van der Waals surface area (Å²) in [5.41, 5.74) is -0.500. The third-order valence-electron chi connectivity index (χ3n) is 6.58. The van der Waals surface area contributed by atoms with E-state index in [9.17, 15) is 19.1 Å². The molecule has 1 N–H and O–H groups in total. The molecule has 11 heteroatoms. The highest BCUT2D eigenvalue weighted by Crippen LogP contribution is 2.25. The molecule has 3 aromatic heterocycles. The quantitative estimate of drug-likeness (QED) is 0.452. The number of aliphatic hydroxyl groups is 1. The highest BCUT2D eigenvalue weighted by molar-refractivity contribution is 5.77. The lowest BCUT2D eigenvalue weighted by Gasteiger charge is -2.38. The normalized spacial score (nSPS) is 16.5. The van der Waals surface area contributed by atoms with Crippen molar-refractivity contribution in [2.75, 3.05) is 13.1 Å². The van der Waals surface area contributed by atoms with Gasteiger partial charge in [0.1, 0.15) is 17.5 Å². The van der Waals surface area contributed by atoms with Crippen LogP contribution in [-0.4, -0.2) is 63.7 Å². The Labute approximate surface area is 200 Å². The lowest BCUT2D eigenvalue weighted by Crippen LogP contribution is -2.49. The lowest BCUT2D eigenvalue weighted by atomic mass is 9.91. The molecular formula is C24H26FN7O3. The summed E-state index contributed by atoms with van der Waals surface area (Å²) >= 11 is 0. The molecule has 4 aromatic rings. The van der Waals surface area contributed by atoms with Crippen molar-refractivity contribution in [1.29, 1.82) is 0 Å². The van der Waals surface area contributed by atoms with Crippen LogP contribution >= 0.6 is 0 Å². The Bertz CT molecular complexity index is 1390. The molecule has 1 aliphatic heterocycles. The molecule has 35 heavy (non-hydrogen) atoms. The highest BCUT2D eigenvalue weighted by atomic mass is 19.1. The van der Waals surface area contributed by atoms with Crippen LogP contribution in [0.15, 0.2) is 60.0 Å². The van der Waals surface area contributed by atoms with Gasteiger partial charge in [0.05, 0.1) is 30.1 Å². The van der Waals surface area contributed by atoms with Crippen LogP contribution < -0.4 is 5.56 Å². The van der Waals surface area contributed by atoms with Crippen molar-refractivity contribution in [3.05, 3.63) is 71.4 Å². The van der Waals surface area contributed by atoms with Gasteiger partial charge >= 0.3 is 0 Å². The number of amides is 1. The number of benzene rings is 1. The Morgan fingerprint density at radius 3 is 2.63 bits per heavy atom. The van der Waals surface area contributed by atoms with Crippen LogP contribution in [-0.2, 0) is 11.3 Å². The largest absolute Gasteiger partial charge is 0.388 e. The van der Waals surface area contributed by atoms with E-state index in [1.807, 2.05) is 19.2 Å². The van der Waals surface area contributed by atoms with E-state index >= 15 is 0 Å². The van der Waals surface area contributed by atoms with E-state index in [1.165, 1.54) is 33.9 Å². The molecular weight excluding hydrogens is 453 g/mol. The molecule has 1 saturated heterocycles. The van der Waals surface area contributed by atoms with E-state index in [1.54, 1.807) is 27.9 Å². The maximum absolute atomic E-state index is 13.3. The van der Waals surface area contributed by atoms with Crippen molar-refractivity contribution in [3.63, 3.8) is 0 Å². The van der Waals surface area contributed by atoms with Crippen LogP contribution in [0.25, 0.3) is 16.7 Å². The second-order valence-electron chi connectivity index (χ2n) is 9.09. The molecule has 0 spiro atoms. The maximum Gasteiger partial charge on any atom is 0.264 e. The van der Waals surface area contributed by atoms with Gasteiger partial charge in [-0.15, -0.1) is 0 Å². The number of halogens is 1. The van der Waals surface area contributed by atoms with Crippen molar-refractivity contribution >= 4 is 16.9 Å². The molecule has 5 rings (SSSR count). The lowest BCUT2D eigenvalue weighted by molar-refractivity contribution is -0.136. The molecule has 0 bridgehead atoms. The number of carbonyl (C=O) groups excluding carboxylic acids is 1. The number of fused-ring (bicyclic) bond motifs is 1. The van der Waals surface area contributed by atoms with E-state index in [2.05, 4.69) is 15.2 Å². The van der Waals surface area contributed by atoms with Gasteiger partial charge in [-0.05, 0) is 50.1 Å². The SMILES string of the molecule is CC(CC(=O)N1CCC(O)(Cn2cnc3c(cnn3-c3ccc(F)cc3)c2=O)CC1)n1cccn1. The molecule has 0 saturated carbocycles. The summed E-state index contributed by atoms with van der Waals surface area (Å²) in [4.78, 5) is 31.9. The van der Waals surface area contributed by atoms with Gasteiger partial charge in [-0.25, -0.2) is 14.1 Å². The van der Waals surface area contributed by atoms with E-state index in [-0.39, 0.29) is 29.9 Å². The summed E-state index contributed by atoms with van der Waals surface area (Å²) in [5, 5.41) is 19.9. The van der Waals surface area contributed by atoms with E-state index in [4.69, 9.17) is 0 Å². The molecule has 4 heterocycles. The van der Waals surface area contributed by atoms with Crippen LogP contribution in [0.5, 0.6) is 0 Å². The Kier molecular flexibility index (Phi) is 5.93. The van der Waals surface area contributed by atoms with Crippen LogP contribution in [0.2, 0.25) is 0 Å². The zero-order valence-electron chi connectivity index (χ0n) is 19.3. The molecule has 0 radical (unpaired) electrons. The average Bonchev–Trinajstić information content (AvgIpc) is 3.53. The Morgan fingerprint density at radius 1 is 1.20 bits per heavy atom. The molecule has 10 nitrogen and oxygen atoms in total. The molecule has 1 unspecified atom stereocenters. The zero-order valence-corrected chi connectivity index (χ0v) is 19.3. The van der Waals surface area contributed by atoms with Gasteiger partial charge in [0, 0.05) is 31.9 Å². The Hall–Kier alpha value is -3.86. The molecule has 1 amide bonds. The zero-order chi connectivity index (χ0) is 24.6. The van der Waals surface area contributed by atoms with Gasteiger partial charge in [-0.1, -0.05) is 0 Å². The van der Waals surface area contributed by atoms with E-state index < -0.39 is 5.60 Å². The van der Waals surface area contributed by atoms with Crippen molar-refractivity contribution in [2.24, 2.45) is 0 Å². The number of piperidine rings is 1. The van der Waals surface area contributed by atoms with E-state index in [0.29, 0.717) is 49.1 Å². The van der Waals surface area contributed by atoms with Crippen molar-refractivity contribution < 1.29 is 14.3 Å². The first-order valence-electron chi connectivity index (χ1n) is 11.5. The number of likely N-dealkylation sites (tertiary alicyclic amines) is 1. The van der Waals surface area contributed by atoms with Crippen molar-refractivity contribution in [2.45, 2.75) is 44.4 Å². The van der Waals surface area contributed by atoms with Crippen LogP contribution in [0, 0.1) is 5.82 Å². The topological polar surface area (TPSA) is 111 Å². The molecule has 182 valence electrons. The average molecular weight is 480 g/mol. The third-order valence-corrected chi connectivity index (χ3v) is 6.58. The van der Waals surface area contributed by atoms with E-state index in [0.717, 1.165) is 0 Å². The number of hydrogen-bond acceptors (Lipinski definition) is 6. The summed E-state index contributed by atoms with van der Waals surface area (Å²) in [7, 11) is 0. The van der Waals surface area contributed by atoms with Crippen molar-refractivity contribution in [1.82, 2.24) is 34.0 Å². The first kappa shape index (κ1) is 22.9. The van der Waals surface area contributed by atoms with Gasteiger partial charge in [0.2, 0.25) is 5.91 Å². The van der Waals surface area contributed by atoms with Crippen LogP contribution in [0.3, 0.4) is 0 Å². The predicted molar refractivity (Wildman–Crippen MR) is 125 cm³/mol. The summed E-state index contributed by atoms with van der Waals surface area (Å²) < 4.78 is 17.9. The number of aromatic nitrogens is 6. The summed E-state index contributed by atoms with van der Waals surface area (Å²) in [5.74, 6) is -0.350. The minimum Gasteiger partial charge on any atom is -0.388 e. The fourth-order valence-corrected chi connectivity index (χ4v) is 4.50. The van der Waals surface area contributed by atoms with Crippen molar-refractivity contribution in [3.8, 4) is 5.69 Å². The number of hydrogen-bond donors (Lipinski definition) is 1. The van der Waals surface area contributed by atoms with Gasteiger partial charge in [-0.2, -0.15) is 10.2 Å². The first-order chi connectivity index (χ1) is 16.8. The molecule has 0 aliphatic carbocycles. The van der Waals surface area contributed by atoms with Gasteiger partial charge in [0.25, 0.3) is 5.56 Å². The molecule has 1 atom stereocenters. The Morgan fingerprint density at radius 2 is 1.94 bits per heavy atom. The molecule has 1 aromatic carbocycles. The second-order valence-corrected chi connectivity index (χ2v) is 9.09. The summed E-state index contributed by atoms with van der Waals surface area (Å²) in [6.45, 7) is 2.84. The minimum atomic E-state index is -1.13. The number of nitrogens with zero attached hydrogens (tertiary/aromatic N) is 7.